The highest BCUT2D eigenvalue weighted by Gasteiger charge is 2.14. The lowest BCUT2D eigenvalue weighted by Crippen LogP contribution is -2.36. The first-order valence-corrected chi connectivity index (χ1v) is 8.71. The summed E-state index contributed by atoms with van der Waals surface area (Å²) in [5.74, 6) is 1.82. The third-order valence-corrected chi connectivity index (χ3v) is 4.65. The number of rotatable bonds is 4. The molecule has 1 aromatic heterocycles. The van der Waals surface area contributed by atoms with Crippen LogP contribution in [0.5, 0.6) is 5.75 Å². The summed E-state index contributed by atoms with van der Waals surface area (Å²) in [6.07, 6.45) is 0. The van der Waals surface area contributed by atoms with Gasteiger partial charge in [0, 0.05) is 18.5 Å². The van der Waals surface area contributed by atoms with Crippen LogP contribution >= 0.6 is 0 Å². The number of hydrogen-bond acceptors (Lipinski definition) is 4. The summed E-state index contributed by atoms with van der Waals surface area (Å²) in [6, 6.07) is 18.6. The average molecular weight is 334 g/mol. The lowest BCUT2D eigenvalue weighted by molar-refractivity contribution is 0.122. The van der Waals surface area contributed by atoms with Gasteiger partial charge in [-0.3, -0.25) is 0 Å². The van der Waals surface area contributed by atoms with Crippen LogP contribution in [0.3, 0.4) is 0 Å². The summed E-state index contributed by atoms with van der Waals surface area (Å²) in [5.41, 5.74) is 3.36. The van der Waals surface area contributed by atoms with Gasteiger partial charge in [-0.05, 0) is 36.2 Å². The average Bonchev–Trinajstić information content (AvgIpc) is 2.67. The number of morpholine rings is 1. The van der Waals surface area contributed by atoms with Crippen LogP contribution in [0.25, 0.3) is 10.9 Å². The molecule has 1 aliphatic heterocycles. The third-order valence-electron chi connectivity index (χ3n) is 4.65. The monoisotopic (exact) mass is 334 g/mol. The molecule has 4 heteroatoms. The van der Waals surface area contributed by atoms with Crippen LogP contribution in [0.1, 0.15) is 11.1 Å². The second kappa shape index (κ2) is 7.11. The van der Waals surface area contributed by atoms with Gasteiger partial charge in [0.2, 0.25) is 0 Å². The van der Waals surface area contributed by atoms with E-state index in [2.05, 4.69) is 42.2 Å². The molecule has 3 aromatic rings. The second-order valence-electron chi connectivity index (χ2n) is 6.31. The van der Waals surface area contributed by atoms with Crippen molar-refractivity contribution in [3.8, 4) is 5.75 Å². The van der Waals surface area contributed by atoms with E-state index in [1.165, 1.54) is 11.1 Å². The van der Waals surface area contributed by atoms with Gasteiger partial charge >= 0.3 is 0 Å². The smallest absolute Gasteiger partial charge is 0.146 e. The van der Waals surface area contributed by atoms with Crippen LogP contribution in [-0.2, 0) is 11.3 Å². The minimum absolute atomic E-state index is 0.551. The fourth-order valence-corrected chi connectivity index (χ4v) is 3.12. The van der Waals surface area contributed by atoms with E-state index < -0.39 is 0 Å². The van der Waals surface area contributed by atoms with Gasteiger partial charge in [0.15, 0.2) is 0 Å². The number of para-hydroxylation sites is 1. The molecule has 4 rings (SSSR count). The molecule has 1 aliphatic rings. The van der Waals surface area contributed by atoms with Gasteiger partial charge in [-0.25, -0.2) is 4.98 Å². The highest BCUT2D eigenvalue weighted by molar-refractivity contribution is 5.86. The third kappa shape index (κ3) is 3.44. The molecule has 1 saturated heterocycles. The van der Waals surface area contributed by atoms with E-state index in [9.17, 15) is 0 Å². The first-order chi connectivity index (χ1) is 12.3. The lowest BCUT2D eigenvalue weighted by atomic mass is 10.1. The Morgan fingerprint density at radius 2 is 1.84 bits per heavy atom. The van der Waals surface area contributed by atoms with E-state index in [0.29, 0.717) is 6.61 Å². The summed E-state index contributed by atoms with van der Waals surface area (Å²) in [4.78, 5) is 7.14. The Morgan fingerprint density at radius 3 is 2.68 bits per heavy atom. The van der Waals surface area contributed by atoms with Gasteiger partial charge < -0.3 is 14.4 Å². The standard InChI is InChI=1S/C21H22N2O2/c1-16-5-2-3-6-18(16)15-25-19-8-4-7-17-9-10-20(22-21(17)19)23-11-13-24-14-12-23/h2-10H,11-15H2,1H3. The summed E-state index contributed by atoms with van der Waals surface area (Å²) in [5, 5.41) is 1.10. The second-order valence-corrected chi connectivity index (χ2v) is 6.31. The molecule has 0 aliphatic carbocycles. The van der Waals surface area contributed by atoms with Crippen molar-refractivity contribution in [2.75, 3.05) is 31.2 Å². The Labute approximate surface area is 148 Å². The van der Waals surface area contributed by atoms with Gasteiger partial charge in [-0.2, -0.15) is 0 Å². The molecule has 0 spiro atoms. The zero-order chi connectivity index (χ0) is 17.1. The number of aryl methyl sites for hydroxylation is 1. The lowest BCUT2D eigenvalue weighted by Gasteiger charge is -2.28. The Morgan fingerprint density at radius 1 is 1.00 bits per heavy atom. The van der Waals surface area contributed by atoms with Crippen LogP contribution in [0.2, 0.25) is 0 Å². The highest BCUT2D eigenvalue weighted by atomic mass is 16.5. The molecule has 2 heterocycles. The minimum atomic E-state index is 0.551. The summed E-state index contributed by atoms with van der Waals surface area (Å²) >= 11 is 0. The molecule has 4 nitrogen and oxygen atoms in total. The number of nitrogens with zero attached hydrogens (tertiary/aromatic N) is 2. The number of ether oxygens (including phenoxy) is 2. The number of hydrogen-bond donors (Lipinski definition) is 0. The van der Waals surface area contributed by atoms with Crippen LogP contribution in [0.4, 0.5) is 5.82 Å². The zero-order valence-electron chi connectivity index (χ0n) is 14.4. The Bertz CT molecular complexity index is 873. The summed E-state index contributed by atoms with van der Waals surface area (Å²) < 4.78 is 11.6. The molecule has 0 radical (unpaired) electrons. The van der Waals surface area contributed by atoms with Crippen LogP contribution in [0, 0.1) is 6.92 Å². The van der Waals surface area contributed by atoms with Crippen molar-refractivity contribution in [2.45, 2.75) is 13.5 Å². The predicted octanol–water partition coefficient (Wildman–Crippen LogP) is 3.96. The van der Waals surface area contributed by atoms with Crippen molar-refractivity contribution < 1.29 is 9.47 Å². The van der Waals surface area contributed by atoms with Crippen molar-refractivity contribution in [3.05, 3.63) is 65.7 Å². The molecule has 1 fully saturated rings. The van der Waals surface area contributed by atoms with Crippen molar-refractivity contribution in [1.82, 2.24) is 4.98 Å². The Kier molecular flexibility index (Phi) is 4.53. The number of anilines is 1. The molecular formula is C21H22N2O2. The molecule has 25 heavy (non-hydrogen) atoms. The first-order valence-electron chi connectivity index (χ1n) is 8.71. The molecule has 0 N–H and O–H groups in total. The number of pyridine rings is 1. The maximum atomic E-state index is 6.12. The summed E-state index contributed by atoms with van der Waals surface area (Å²) in [7, 11) is 0. The maximum Gasteiger partial charge on any atom is 0.146 e. The van der Waals surface area contributed by atoms with E-state index in [0.717, 1.165) is 48.8 Å². The highest BCUT2D eigenvalue weighted by Crippen LogP contribution is 2.27. The quantitative estimate of drug-likeness (QED) is 0.723. The van der Waals surface area contributed by atoms with Crippen molar-refractivity contribution in [3.63, 3.8) is 0 Å². The topological polar surface area (TPSA) is 34.6 Å². The molecule has 128 valence electrons. The number of fused-ring (bicyclic) bond motifs is 1. The van der Waals surface area contributed by atoms with E-state index >= 15 is 0 Å². The minimum Gasteiger partial charge on any atom is -0.487 e. The van der Waals surface area contributed by atoms with Gasteiger partial charge in [0.25, 0.3) is 0 Å². The van der Waals surface area contributed by atoms with Gasteiger partial charge in [0.1, 0.15) is 23.7 Å². The van der Waals surface area contributed by atoms with Crippen LogP contribution in [0.15, 0.2) is 54.6 Å². The van der Waals surface area contributed by atoms with Crippen LogP contribution < -0.4 is 9.64 Å². The maximum absolute atomic E-state index is 6.12. The van der Waals surface area contributed by atoms with E-state index in [-0.39, 0.29) is 0 Å². The summed E-state index contributed by atoms with van der Waals surface area (Å²) in [6.45, 7) is 5.93. The molecule has 0 saturated carbocycles. The van der Waals surface area contributed by atoms with Crippen molar-refractivity contribution in [1.29, 1.82) is 0 Å². The van der Waals surface area contributed by atoms with Gasteiger partial charge in [0.05, 0.1) is 13.2 Å². The number of aromatic nitrogens is 1. The molecule has 0 unspecified atom stereocenters. The predicted molar refractivity (Wildman–Crippen MR) is 100 cm³/mol. The largest absolute Gasteiger partial charge is 0.487 e. The first kappa shape index (κ1) is 15.9. The van der Waals surface area contributed by atoms with E-state index in [4.69, 9.17) is 14.5 Å². The fourth-order valence-electron chi connectivity index (χ4n) is 3.12. The molecule has 0 atom stereocenters. The normalized spacial score (nSPS) is 14.7. The van der Waals surface area contributed by atoms with Gasteiger partial charge in [-0.15, -0.1) is 0 Å². The molecule has 2 aromatic carbocycles. The molecular weight excluding hydrogens is 312 g/mol. The SMILES string of the molecule is Cc1ccccc1COc1cccc2ccc(N3CCOCC3)nc12. The Hall–Kier alpha value is -2.59. The van der Waals surface area contributed by atoms with Gasteiger partial charge in [-0.1, -0.05) is 36.4 Å². The number of benzene rings is 2. The fraction of sp³-hybridized carbons (Fsp3) is 0.286. The molecule has 0 amide bonds. The van der Waals surface area contributed by atoms with Crippen LogP contribution in [-0.4, -0.2) is 31.3 Å². The van der Waals surface area contributed by atoms with E-state index in [1.54, 1.807) is 0 Å². The molecule has 0 bridgehead atoms. The van der Waals surface area contributed by atoms with E-state index in [1.807, 2.05) is 24.3 Å². The van der Waals surface area contributed by atoms with Crippen molar-refractivity contribution >= 4 is 16.7 Å². The van der Waals surface area contributed by atoms with Crippen molar-refractivity contribution in [2.24, 2.45) is 0 Å². The Balaban J connectivity index is 1.62. The zero-order valence-corrected chi connectivity index (χ0v) is 14.4.